The van der Waals surface area contributed by atoms with Crippen LogP contribution in [0, 0.1) is 0 Å². The van der Waals surface area contributed by atoms with Gasteiger partial charge in [0.2, 0.25) is 5.91 Å². The van der Waals surface area contributed by atoms with Gasteiger partial charge >= 0.3 is 0 Å². The summed E-state index contributed by atoms with van der Waals surface area (Å²) < 4.78 is 6.55. The zero-order valence-corrected chi connectivity index (χ0v) is 10.3. The number of unbranched alkanes of at least 4 members (excludes halogenated alkanes) is 1. The molecule has 1 rings (SSSR count). The quantitative estimate of drug-likeness (QED) is 0.655. The van der Waals surface area contributed by atoms with Crippen LogP contribution in [0.15, 0.2) is 12.4 Å². The molecule has 0 aromatic carbocycles. The lowest BCUT2D eigenvalue weighted by Crippen LogP contribution is -2.34. The molecule has 0 fully saturated rings. The SMILES string of the molecule is COCCCCNC(=O)C(N)c1cnn(C)c1. The van der Waals surface area contributed by atoms with Crippen LogP contribution in [0.4, 0.5) is 0 Å². The molecule has 0 spiro atoms. The summed E-state index contributed by atoms with van der Waals surface area (Å²) in [6, 6.07) is -0.647. The first-order chi connectivity index (χ1) is 8.15. The molecule has 1 atom stereocenters. The average molecular weight is 240 g/mol. The smallest absolute Gasteiger partial charge is 0.241 e. The molecule has 6 nitrogen and oxygen atoms in total. The molecule has 1 aromatic rings. The maximum atomic E-state index is 11.7. The highest BCUT2D eigenvalue weighted by Crippen LogP contribution is 2.08. The Balaban J connectivity index is 2.28. The third kappa shape index (κ3) is 4.54. The third-order valence-electron chi connectivity index (χ3n) is 2.44. The number of carbonyl (C=O) groups excluding carboxylic acids is 1. The number of nitrogens with zero attached hydrogens (tertiary/aromatic N) is 2. The number of nitrogens with one attached hydrogen (secondary N) is 1. The van der Waals surface area contributed by atoms with Crippen molar-refractivity contribution in [1.29, 1.82) is 0 Å². The number of nitrogens with two attached hydrogens (primary N) is 1. The summed E-state index contributed by atoms with van der Waals surface area (Å²) in [6.45, 7) is 1.33. The number of carbonyl (C=O) groups is 1. The first kappa shape index (κ1) is 13.7. The third-order valence-corrected chi connectivity index (χ3v) is 2.44. The predicted octanol–water partition coefficient (Wildman–Crippen LogP) is -0.0373. The monoisotopic (exact) mass is 240 g/mol. The second-order valence-corrected chi connectivity index (χ2v) is 3.92. The highest BCUT2D eigenvalue weighted by molar-refractivity contribution is 5.82. The van der Waals surface area contributed by atoms with Gasteiger partial charge in [-0.3, -0.25) is 9.48 Å². The Morgan fingerprint density at radius 3 is 3.00 bits per heavy atom. The number of amides is 1. The fourth-order valence-corrected chi connectivity index (χ4v) is 1.45. The first-order valence-corrected chi connectivity index (χ1v) is 5.66. The van der Waals surface area contributed by atoms with Crippen molar-refractivity contribution in [2.45, 2.75) is 18.9 Å². The molecule has 1 heterocycles. The molecule has 6 heteroatoms. The lowest BCUT2D eigenvalue weighted by atomic mass is 10.1. The Labute approximate surface area is 101 Å². The van der Waals surface area contributed by atoms with E-state index in [2.05, 4.69) is 10.4 Å². The van der Waals surface area contributed by atoms with Crippen molar-refractivity contribution in [3.63, 3.8) is 0 Å². The standard InChI is InChI=1S/C11H20N4O2/c1-15-8-9(7-14-15)10(12)11(16)13-5-3-4-6-17-2/h7-8,10H,3-6,12H2,1-2H3,(H,13,16). The minimum absolute atomic E-state index is 0.171. The van der Waals surface area contributed by atoms with Gasteiger partial charge in [-0.1, -0.05) is 0 Å². The van der Waals surface area contributed by atoms with Gasteiger partial charge in [-0.05, 0) is 12.8 Å². The van der Waals surface area contributed by atoms with Gasteiger partial charge in [-0.15, -0.1) is 0 Å². The predicted molar refractivity (Wildman–Crippen MR) is 64.3 cm³/mol. The topological polar surface area (TPSA) is 82.2 Å². The zero-order valence-electron chi connectivity index (χ0n) is 10.3. The molecular weight excluding hydrogens is 220 g/mol. The average Bonchev–Trinajstić information content (AvgIpc) is 2.74. The van der Waals surface area contributed by atoms with Gasteiger partial charge in [0.1, 0.15) is 6.04 Å². The van der Waals surface area contributed by atoms with Crippen LogP contribution in [0.3, 0.4) is 0 Å². The highest BCUT2D eigenvalue weighted by atomic mass is 16.5. The van der Waals surface area contributed by atoms with Crippen molar-refractivity contribution in [2.75, 3.05) is 20.3 Å². The normalized spacial score (nSPS) is 12.4. The van der Waals surface area contributed by atoms with Crippen LogP contribution < -0.4 is 11.1 Å². The van der Waals surface area contributed by atoms with E-state index in [1.807, 2.05) is 0 Å². The minimum atomic E-state index is -0.647. The molecule has 0 saturated carbocycles. The summed E-state index contributed by atoms with van der Waals surface area (Å²) >= 11 is 0. The van der Waals surface area contributed by atoms with Crippen molar-refractivity contribution < 1.29 is 9.53 Å². The van der Waals surface area contributed by atoms with E-state index in [1.54, 1.807) is 31.2 Å². The summed E-state index contributed by atoms with van der Waals surface area (Å²) in [5.41, 5.74) is 6.53. The molecule has 0 aliphatic carbocycles. The molecule has 1 amide bonds. The van der Waals surface area contributed by atoms with Crippen molar-refractivity contribution in [2.24, 2.45) is 12.8 Å². The molecule has 0 radical (unpaired) electrons. The van der Waals surface area contributed by atoms with Gasteiger partial charge in [0.25, 0.3) is 0 Å². The van der Waals surface area contributed by atoms with Crippen LogP contribution in [0.5, 0.6) is 0 Å². The lowest BCUT2D eigenvalue weighted by molar-refractivity contribution is -0.122. The van der Waals surface area contributed by atoms with Crippen molar-refractivity contribution in [3.05, 3.63) is 18.0 Å². The van der Waals surface area contributed by atoms with Gasteiger partial charge < -0.3 is 15.8 Å². The second-order valence-electron chi connectivity index (χ2n) is 3.92. The fourth-order valence-electron chi connectivity index (χ4n) is 1.45. The number of aryl methyl sites for hydroxylation is 1. The molecule has 3 N–H and O–H groups in total. The van der Waals surface area contributed by atoms with E-state index in [9.17, 15) is 4.79 Å². The Morgan fingerprint density at radius 1 is 1.65 bits per heavy atom. The fraction of sp³-hybridized carbons (Fsp3) is 0.636. The largest absolute Gasteiger partial charge is 0.385 e. The van der Waals surface area contributed by atoms with Gasteiger partial charge in [-0.25, -0.2) is 0 Å². The van der Waals surface area contributed by atoms with Crippen LogP contribution in [0.25, 0.3) is 0 Å². The van der Waals surface area contributed by atoms with Gasteiger partial charge in [-0.2, -0.15) is 5.10 Å². The van der Waals surface area contributed by atoms with Crippen LogP contribution >= 0.6 is 0 Å². The van der Waals surface area contributed by atoms with Crippen LogP contribution in [-0.2, 0) is 16.6 Å². The molecular formula is C11H20N4O2. The zero-order chi connectivity index (χ0) is 12.7. The molecule has 0 aliphatic rings. The summed E-state index contributed by atoms with van der Waals surface area (Å²) in [6.07, 6.45) is 5.17. The van der Waals surface area contributed by atoms with E-state index < -0.39 is 6.04 Å². The maximum absolute atomic E-state index is 11.7. The number of rotatable bonds is 7. The number of hydrogen-bond donors (Lipinski definition) is 2. The molecule has 0 bridgehead atoms. The summed E-state index contributed by atoms with van der Waals surface area (Å²) in [4.78, 5) is 11.7. The molecule has 0 aliphatic heterocycles. The summed E-state index contributed by atoms with van der Waals surface area (Å²) in [5.74, 6) is -0.171. The van der Waals surface area contributed by atoms with Gasteiger partial charge in [0, 0.05) is 39.1 Å². The minimum Gasteiger partial charge on any atom is -0.385 e. The van der Waals surface area contributed by atoms with Crippen LogP contribution in [-0.4, -0.2) is 35.9 Å². The summed E-state index contributed by atoms with van der Waals surface area (Å²) in [7, 11) is 3.45. The Bertz CT molecular complexity index is 351. The van der Waals surface area contributed by atoms with Crippen molar-refractivity contribution in [1.82, 2.24) is 15.1 Å². The lowest BCUT2D eigenvalue weighted by Gasteiger charge is -2.10. The number of methoxy groups -OCH3 is 1. The summed E-state index contributed by atoms with van der Waals surface area (Å²) in [5, 5.41) is 6.77. The van der Waals surface area contributed by atoms with E-state index >= 15 is 0 Å². The van der Waals surface area contributed by atoms with Gasteiger partial charge in [0.05, 0.1) is 6.20 Å². The van der Waals surface area contributed by atoms with Crippen molar-refractivity contribution in [3.8, 4) is 0 Å². The van der Waals surface area contributed by atoms with E-state index in [1.165, 1.54) is 0 Å². The maximum Gasteiger partial charge on any atom is 0.241 e. The van der Waals surface area contributed by atoms with E-state index in [-0.39, 0.29) is 5.91 Å². The highest BCUT2D eigenvalue weighted by Gasteiger charge is 2.16. The Hall–Kier alpha value is -1.40. The Morgan fingerprint density at radius 2 is 2.41 bits per heavy atom. The van der Waals surface area contributed by atoms with Crippen molar-refractivity contribution >= 4 is 5.91 Å². The molecule has 1 aromatic heterocycles. The first-order valence-electron chi connectivity index (χ1n) is 5.66. The molecule has 0 saturated heterocycles. The Kier molecular flexibility index (Phi) is 5.65. The van der Waals surface area contributed by atoms with E-state index in [0.717, 1.165) is 18.4 Å². The second kappa shape index (κ2) is 7.03. The number of ether oxygens (including phenoxy) is 1. The van der Waals surface area contributed by atoms with Crippen LogP contribution in [0.2, 0.25) is 0 Å². The number of hydrogen-bond acceptors (Lipinski definition) is 4. The van der Waals surface area contributed by atoms with Crippen LogP contribution in [0.1, 0.15) is 24.4 Å². The number of aromatic nitrogens is 2. The van der Waals surface area contributed by atoms with E-state index in [4.69, 9.17) is 10.5 Å². The molecule has 1 unspecified atom stereocenters. The van der Waals surface area contributed by atoms with Gasteiger partial charge in [0.15, 0.2) is 0 Å². The molecule has 96 valence electrons. The van der Waals surface area contributed by atoms with E-state index in [0.29, 0.717) is 13.2 Å². The molecule has 17 heavy (non-hydrogen) atoms.